The van der Waals surface area contributed by atoms with Crippen LogP contribution in [-0.2, 0) is 0 Å². The Bertz CT molecular complexity index is 544. The molecule has 1 aromatic heterocycles. The van der Waals surface area contributed by atoms with Gasteiger partial charge in [-0.15, -0.1) is 0 Å². The predicted octanol–water partition coefficient (Wildman–Crippen LogP) is 2.01. The van der Waals surface area contributed by atoms with Crippen LogP contribution in [0, 0.1) is 28.9 Å². The third-order valence-electron chi connectivity index (χ3n) is 1.81. The maximum Gasteiger partial charge on any atom is 0.399 e. The van der Waals surface area contributed by atoms with Crippen LogP contribution in [-0.4, -0.2) is 4.98 Å². The minimum absolute atomic E-state index is 0.0563. The number of ether oxygens (including phenoxy) is 1. The molecule has 5 heteroatoms. The van der Waals surface area contributed by atoms with Crippen LogP contribution < -0.4 is 4.74 Å². The second-order valence-electron chi connectivity index (χ2n) is 2.75. The molecule has 2 aromatic rings. The first kappa shape index (κ1) is 9.75. The molecule has 0 bridgehead atoms. The van der Waals surface area contributed by atoms with Gasteiger partial charge in [-0.1, -0.05) is 6.07 Å². The van der Waals surface area contributed by atoms with Gasteiger partial charge in [0.1, 0.15) is 24.6 Å². The van der Waals surface area contributed by atoms with E-state index in [1.807, 2.05) is 12.1 Å². The van der Waals surface area contributed by atoms with Gasteiger partial charge < -0.3 is 9.15 Å². The van der Waals surface area contributed by atoms with Gasteiger partial charge in [-0.25, -0.2) is 0 Å². The van der Waals surface area contributed by atoms with Gasteiger partial charge in [0.2, 0.25) is 0 Å². The highest BCUT2D eigenvalue weighted by atomic mass is 16.6. The Morgan fingerprint density at radius 3 is 2.44 bits per heavy atom. The van der Waals surface area contributed by atoms with E-state index in [0.717, 1.165) is 0 Å². The van der Waals surface area contributed by atoms with Crippen LogP contribution in [0.25, 0.3) is 0 Å². The molecular weight excluding hydrogens is 206 g/mol. The molecule has 1 radical (unpaired) electrons. The zero-order valence-corrected chi connectivity index (χ0v) is 7.97. The van der Waals surface area contributed by atoms with E-state index in [-0.39, 0.29) is 23.0 Å². The zero-order valence-electron chi connectivity index (χ0n) is 7.97. The highest BCUT2D eigenvalue weighted by molar-refractivity contribution is 5.54. The molecule has 1 heterocycles. The number of oxazole rings is 1. The number of benzene rings is 1. The molecule has 0 fully saturated rings. The Labute approximate surface area is 91.1 Å². The van der Waals surface area contributed by atoms with E-state index in [1.54, 1.807) is 18.2 Å². The van der Waals surface area contributed by atoms with Crippen molar-refractivity contribution in [1.82, 2.24) is 4.98 Å². The van der Waals surface area contributed by atoms with Crippen molar-refractivity contribution in [3.63, 3.8) is 0 Å². The summed E-state index contributed by atoms with van der Waals surface area (Å²) in [7, 11) is 0. The summed E-state index contributed by atoms with van der Waals surface area (Å²) < 4.78 is 10.0. The van der Waals surface area contributed by atoms with Crippen LogP contribution in [0.2, 0.25) is 0 Å². The molecule has 0 unspecified atom stereocenters. The van der Waals surface area contributed by atoms with Crippen molar-refractivity contribution in [3.05, 3.63) is 41.8 Å². The molecule has 1 aromatic carbocycles. The molecular formula is C11H4N3O2. The van der Waals surface area contributed by atoms with Crippen LogP contribution in [0.3, 0.4) is 0 Å². The van der Waals surface area contributed by atoms with Crippen LogP contribution in [0.5, 0.6) is 11.8 Å². The van der Waals surface area contributed by atoms with E-state index in [4.69, 9.17) is 19.7 Å². The molecule has 0 amide bonds. The number of nitrogens with zero attached hydrogens (tertiary/aromatic N) is 3. The van der Waals surface area contributed by atoms with Crippen molar-refractivity contribution in [2.45, 2.75) is 0 Å². The van der Waals surface area contributed by atoms with Gasteiger partial charge in [0.15, 0.2) is 5.75 Å². The number of nitriles is 2. The molecule has 5 nitrogen and oxygen atoms in total. The molecule has 2 rings (SSSR count). The lowest BCUT2D eigenvalue weighted by atomic mass is 10.1. The summed E-state index contributed by atoms with van der Waals surface area (Å²) in [6.45, 7) is 0. The second-order valence-corrected chi connectivity index (χ2v) is 2.75. The van der Waals surface area contributed by atoms with E-state index >= 15 is 0 Å². The lowest BCUT2D eigenvalue weighted by molar-refractivity contribution is 0.329. The summed E-state index contributed by atoms with van der Waals surface area (Å²) in [5.74, 6) is 0.142. The molecule has 0 saturated carbocycles. The van der Waals surface area contributed by atoms with E-state index in [0.29, 0.717) is 0 Å². The van der Waals surface area contributed by atoms with E-state index in [1.165, 1.54) is 6.26 Å². The third kappa shape index (κ3) is 1.70. The van der Waals surface area contributed by atoms with Crippen molar-refractivity contribution in [3.8, 4) is 24.0 Å². The van der Waals surface area contributed by atoms with E-state index in [2.05, 4.69) is 11.2 Å². The lowest BCUT2D eigenvalue weighted by Gasteiger charge is -2.04. The average Bonchev–Trinajstić information content (AvgIpc) is 2.82. The summed E-state index contributed by atoms with van der Waals surface area (Å²) in [6, 6.07) is 8.55. The topological polar surface area (TPSA) is 82.8 Å². The van der Waals surface area contributed by atoms with E-state index in [9.17, 15) is 0 Å². The molecule has 0 saturated heterocycles. The molecule has 0 aliphatic rings. The summed E-state index contributed by atoms with van der Waals surface area (Å²) in [6.07, 6.45) is 3.58. The summed E-state index contributed by atoms with van der Waals surface area (Å²) >= 11 is 0. The largest absolute Gasteiger partial charge is 0.417 e. The van der Waals surface area contributed by atoms with Crippen LogP contribution in [0.15, 0.2) is 28.9 Å². The number of rotatable bonds is 2. The Kier molecular flexibility index (Phi) is 2.53. The SMILES string of the molecule is N#Cc1cccc(C#N)c1Oc1n[c]co1. The van der Waals surface area contributed by atoms with Gasteiger partial charge in [-0.05, 0) is 12.1 Å². The summed E-state index contributed by atoms with van der Waals surface area (Å²) in [5.41, 5.74) is 0.495. The van der Waals surface area contributed by atoms with Crippen LogP contribution >= 0.6 is 0 Å². The first-order valence-corrected chi connectivity index (χ1v) is 4.28. The fourth-order valence-electron chi connectivity index (χ4n) is 1.14. The Morgan fingerprint density at radius 1 is 1.25 bits per heavy atom. The van der Waals surface area contributed by atoms with Crippen molar-refractivity contribution in [1.29, 1.82) is 10.5 Å². The van der Waals surface area contributed by atoms with E-state index < -0.39 is 0 Å². The fourth-order valence-corrected chi connectivity index (χ4v) is 1.14. The van der Waals surface area contributed by atoms with Crippen molar-refractivity contribution >= 4 is 0 Å². The van der Waals surface area contributed by atoms with Gasteiger partial charge in [0.05, 0.1) is 11.1 Å². The van der Waals surface area contributed by atoms with Gasteiger partial charge in [-0.3, -0.25) is 0 Å². The lowest BCUT2D eigenvalue weighted by Crippen LogP contribution is -1.92. The first-order valence-electron chi connectivity index (χ1n) is 4.28. The Morgan fingerprint density at radius 2 is 1.94 bits per heavy atom. The van der Waals surface area contributed by atoms with Gasteiger partial charge >= 0.3 is 6.08 Å². The van der Waals surface area contributed by atoms with Gasteiger partial charge in [0, 0.05) is 0 Å². The highest BCUT2D eigenvalue weighted by Crippen LogP contribution is 2.27. The number of hydrogen-bond acceptors (Lipinski definition) is 5. The minimum atomic E-state index is -0.0563. The third-order valence-corrected chi connectivity index (χ3v) is 1.81. The van der Waals surface area contributed by atoms with Crippen molar-refractivity contribution < 1.29 is 9.15 Å². The quantitative estimate of drug-likeness (QED) is 0.756. The monoisotopic (exact) mass is 210 g/mol. The maximum absolute atomic E-state index is 8.87. The fraction of sp³-hybridized carbons (Fsp3) is 0. The Balaban J connectivity index is 2.47. The van der Waals surface area contributed by atoms with Gasteiger partial charge in [-0.2, -0.15) is 15.5 Å². The standard InChI is InChI=1S/C11H4N3O2/c12-6-8-2-1-3-9(7-13)10(8)16-11-14-4-5-15-11/h1-3,5H. The number of aromatic nitrogens is 1. The molecule has 16 heavy (non-hydrogen) atoms. The second kappa shape index (κ2) is 4.16. The highest BCUT2D eigenvalue weighted by Gasteiger charge is 2.12. The molecule has 0 N–H and O–H groups in total. The average molecular weight is 210 g/mol. The zero-order chi connectivity index (χ0) is 11.4. The normalized spacial score (nSPS) is 9.12. The molecule has 0 aliphatic carbocycles. The first-order chi connectivity index (χ1) is 7.85. The Hall–Kier alpha value is -2.79. The smallest absolute Gasteiger partial charge is 0.399 e. The van der Waals surface area contributed by atoms with Crippen molar-refractivity contribution in [2.75, 3.05) is 0 Å². The molecule has 75 valence electrons. The minimum Gasteiger partial charge on any atom is -0.417 e. The predicted molar refractivity (Wildman–Crippen MR) is 51.3 cm³/mol. The molecule has 0 aliphatic heterocycles. The van der Waals surface area contributed by atoms with Gasteiger partial charge in [0.25, 0.3) is 0 Å². The van der Waals surface area contributed by atoms with Crippen LogP contribution in [0.1, 0.15) is 11.1 Å². The molecule has 0 atom stereocenters. The maximum atomic E-state index is 8.87. The summed E-state index contributed by atoms with van der Waals surface area (Å²) in [4.78, 5) is 3.63. The molecule has 0 spiro atoms. The summed E-state index contributed by atoms with van der Waals surface area (Å²) in [5, 5.41) is 17.7. The van der Waals surface area contributed by atoms with Crippen LogP contribution in [0.4, 0.5) is 0 Å². The number of hydrogen-bond donors (Lipinski definition) is 0. The number of para-hydroxylation sites is 1. The van der Waals surface area contributed by atoms with Crippen molar-refractivity contribution in [2.24, 2.45) is 0 Å².